The maximum absolute atomic E-state index is 4.74. The van der Waals surface area contributed by atoms with E-state index in [0.29, 0.717) is 6.04 Å². The maximum Gasteiger partial charge on any atom is 0.134 e. The molecule has 1 saturated carbocycles. The molecule has 0 aliphatic heterocycles. The van der Waals surface area contributed by atoms with Crippen molar-refractivity contribution in [3.05, 3.63) is 11.4 Å². The second-order valence-corrected chi connectivity index (χ2v) is 6.95. The van der Waals surface area contributed by atoms with Gasteiger partial charge in [-0.3, -0.25) is 0 Å². The smallest absolute Gasteiger partial charge is 0.134 e. The summed E-state index contributed by atoms with van der Waals surface area (Å²) < 4.78 is 0. The monoisotopic (exact) mass is 308 g/mol. The first-order valence-corrected chi connectivity index (χ1v) is 9.31. The zero-order valence-corrected chi connectivity index (χ0v) is 14.5. The van der Waals surface area contributed by atoms with Gasteiger partial charge in [-0.25, -0.2) is 9.97 Å². The van der Waals surface area contributed by atoms with Crippen LogP contribution in [0.4, 0.5) is 11.6 Å². The van der Waals surface area contributed by atoms with Crippen LogP contribution < -0.4 is 10.6 Å². The van der Waals surface area contributed by atoms with Crippen molar-refractivity contribution in [2.45, 2.75) is 63.7 Å². The first kappa shape index (κ1) is 16.4. The largest absolute Gasteiger partial charge is 0.373 e. The molecule has 1 fully saturated rings. The number of nitrogens with zero attached hydrogens (tertiary/aromatic N) is 2. The zero-order chi connectivity index (χ0) is 15.2. The fourth-order valence-electron chi connectivity index (χ4n) is 2.92. The molecule has 4 nitrogen and oxygen atoms in total. The molecule has 2 rings (SSSR count). The molecule has 0 saturated heterocycles. The summed E-state index contributed by atoms with van der Waals surface area (Å²) in [5.41, 5.74) is 1.13. The van der Waals surface area contributed by atoms with Crippen molar-refractivity contribution >= 4 is 23.4 Å². The molecule has 118 valence electrons. The Morgan fingerprint density at radius 2 is 1.81 bits per heavy atom. The lowest BCUT2D eigenvalue weighted by molar-refractivity contribution is 0.472. The van der Waals surface area contributed by atoms with E-state index in [1.54, 1.807) is 0 Å². The van der Waals surface area contributed by atoms with Gasteiger partial charge in [-0.1, -0.05) is 6.92 Å². The Bertz CT molecular complexity index is 456. The highest BCUT2D eigenvalue weighted by atomic mass is 32.2. The van der Waals surface area contributed by atoms with Crippen LogP contribution in [0.3, 0.4) is 0 Å². The van der Waals surface area contributed by atoms with Crippen LogP contribution in [0.2, 0.25) is 0 Å². The van der Waals surface area contributed by atoms with Crippen molar-refractivity contribution in [3.8, 4) is 0 Å². The molecule has 0 unspecified atom stereocenters. The van der Waals surface area contributed by atoms with Gasteiger partial charge in [0.1, 0.15) is 17.5 Å². The van der Waals surface area contributed by atoms with Crippen LogP contribution in [0, 0.1) is 6.92 Å². The highest BCUT2D eigenvalue weighted by molar-refractivity contribution is 7.99. The molecule has 1 aromatic heterocycles. The summed E-state index contributed by atoms with van der Waals surface area (Å²) in [7, 11) is 1.93. The quantitative estimate of drug-likeness (QED) is 0.835. The van der Waals surface area contributed by atoms with E-state index in [9.17, 15) is 0 Å². The summed E-state index contributed by atoms with van der Waals surface area (Å²) in [4.78, 5) is 9.33. The summed E-state index contributed by atoms with van der Waals surface area (Å²) in [6.45, 7) is 4.26. The normalized spacial score (nSPS) is 22.1. The van der Waals surface area contributed by atoms with Crippen LogP contribution in [0.5, 0.6) is 0 Å². The average Bonchev–Trinajstić information content (AvgIpc) is 2.51. The molecule has 0 atom stereocenters. The Labute approximate surface area is 132 Å². The minimum Gasteiger partial charge on any atom is -0.373 e. The second kappa shape index (κ2) is 7.87. The molecule has 5 heteroatoms. The molecule has 0 aromatic carbocycles. The Kier molecular flexibility index (Phi) is 6.15. The van der Waals surface area contributed by atoms with Crippen molar-refractivity contribution in [1.29, 1.82) is 0 Å². The number of rotatable bonds is 6. The molecule has 2 N–H and O–H groups in total. The highest BCUT2D eigenvalue weighted by Crippen LogP contribution is 2.29. The minimum atomic E-state index is 0.557. The van der Waals surface area contributed by atoms with Crippen LogP contribution in [-0.2, 0) is 6.42 Å². The van der Waals surface area contributed by atoms with Gasteiger partial charge in [0.25, 0.3) is 0 Å². The number of aryl methyl sites for hydroxylation is 1. The van der Waals surface area contributed by atoms with Crippen LogP contribution in [-0.4, -0.2) is 34.6 Å². The molecule has 0 radical (unpaired) electrons. The van der Waals surface area contributed by atoms with Crippen molar-refractivity contribution in [1.82, 2.24) is 9.97 Å². The van der Waals surface area contributed by atoms with Gasteiger partial charge in [0.15, 0.2) is 0 Å². The van der Waals surface area contributed by atoms with Crippen molar-refractivity contribution in [2.24, 2.45) is 0 Å². The highest BCUT2D eigenvalue weighted by Gasteiger charge is 2.21. The van der Waals surface area contributed by atoms with Crippen LogP contribution in [0.1, 0.15) is 50.4 Å². The van der Waals surface area contributed by atoms with E-state index < -0.39 is 0 Å². The van der Waals surface area contributed by atoms with E-state index in [0.717, 1.165) is 41.1 Å². The summed E-state index contributed by atoms with van der Waals surface area (Å²) in [6, 6.07) is 0.557. The topological polar surface area (TPSA) is 49.8 Å². The Hall–Kier alpha value is -0.970. The van der Waals surface area contributed by atoms with E-state index in [1.807, 2.05) is 18.8 Å². The summed E-state index contributed by atoms with van der Waals surface area (Å²) >= 11 is 2.01. The zero-order valence-electron chi connectivity index (χ0n) is 13.7. The van der Waals surface area contributed by atoms with Crippen LogP contribution >= 0.6 is 11.8 Å². The van der Waals surface area contributed by atoms with E-state index in [4.69, 9.17) is 4.98 Å². The SMILES string of the molecule is CCCc1nc(NC)c(C)c(NC2CCC(SC)CC2)n1. The van der Waals surface area contributed by atoms with Gasteiger partial charge in [0, 0.05) is 30.3 Å². The van der Waals surface area contributed by atoms with Gasteiger partial charge >= 0.3 is 0 Å². The Balaban J connectivity index is 2.09. The number of hydrogen-bond acceptors (Lipinski definition) is 5. The van der Waals surface area contributed by atoms with Crippen molar-refractivity contribution in [2.75, 3.05) is 23.9 Å². The average molecular weight is 308 g/mol. The van der Waals surface area contributed by atoms with Gasteiger partial charge in [0.05, 0.1) is 0 Å². The fourth-order valence-corrected chi connectivity index (χ4v) is 3.66. The Morgan fingerprint density at radius 3 is 2.38 bits per heavy atom. The number of nitrogens with one attached hydrogen (secondary N) is 2. The summed E-state index contributed by atoms with van der Waals surface area (Å²) in [6.07, 6.45) is 9.34. The third kappa shape index (κ3) is 4.25. The molecule has 0 bridgehead atoms. The van der Waals surface area contributed by atoms with Gasteiger partial charge in [-0.15, -0.1) is 0 Å². The molecule has 0 spiro atoms. The molecule has 1 aliphatic rings. The van der Waals surface area contributed by atoms with E-state index in [1.165, 1.54) is 25.7 Å². The molecule has 21 heavy (non-hydrogen) atoms. The summed E-state index contributed by atoms with van der Waals surface area (Å²) in [5.74, 6) is 2.91. The number of hydrogen-bond donors (Lipinski definition) is 2. The molecular formula is C16H28N4S. The molecular weight excluding hydrogens is 280 g/mol. The molecule has 0 amide bonds. The van der Waals surface area contributed by atoms with Crippen molar-refractivity contribution in [3.63, 3.8) is 0 Å². The molecule has 1 aromatic rings. The summed E-state index contributed by atoms with van der Waals surface area (Å²) in [5, 5.41) is 7.71. The predicted octanol–water partition coefficient (Wildman–Crippen LogP) is 3.87. The first-order chi connectivity index (χ1) is 10.2. The van der Waals surface area contributed by atoms with Crippen LogP contribution in [0.25, 0.3) is 0 Å². The third-order valence-corrected chi connectivity index (χ3v) is 5.39. The second-order valence-electron chi connectivity index (χ2n) is 5.82. The van der Waals surface area contributed by atoms with E-state index >= 15 is 0 Å². The fraction of sp³-hybridized carbons (Fsp3) is 0.750. The lowest BCUT2D eigenvalue weighted by atomic mass is 9.95. The lowest BCUT2D eigenvalue weighted by Crippen LogP contribution is -2.28. The van der Waals surface area contributed by atoms with Gasteiger partial charge < -0.3 is 10.6 Å². The van der Waals surface area contributed by atoms with Gasteiger partial charge in [-0.2, -0.15) is 11.8 Å². The number of thioether (sulfide) groups is 1. The number of anilines is 2. The van der Waals surface area contributed by atoms with Crippen LogP contribution in [0.15, 0.2) is 0 Å². The third-order valence-electron chi connectivity index (χ3n) is 4.25. The standard InChI is InChI=1S/C16H28N4S/c1-5-6-14-19-15(17-3)11(2)16(20-14)18-12-7-9-13(21-4)10-8-12/h12-13H,5-10H2,1-4H3,(H2,17,18,19,20). The lowest BCUT2D eigenvalue weighted by Gasteiger charge is -2.29. The Morgan fingerprint density at radius 1 is 1.14 bits per heavy atom. The van der Waals surface area contributed by atoms with Gasteiger partial charge in [-0.05, 0) is 45.3 Å². The maximum atomic E-state index is 4.74. The van der Waals surface area contributed by atoms with Crippen molar-refractivity contribution < 1.29 is 0 Å². The molecule has 1 aliphatic carbocycles. The number of aromatic nitrogens is 2. The van der Waals surface area contributed by atoms with Gasteiger partial charge in [0.2, 0.25) is 0 Å². The van der Waals surface area contributed by atoms with E-state index in [-0.39, 0.29) is 0 Å². The first-order valence-electron chi connectivity index (χ1n) is 8.02. The van der Waals surface area contributed by atoms with E-state index in [2.05, 4.69) is 35.7 Å². The minimum absolute atomic E-state index is 0.557. The predicted molar refractivity (Wildman–Crippen MR) is 93.5 cm³/mol. The molecule has 1 heterocycles.